The largest absolute Gasteiger partial charge is 0.467 e. The summed E-state index contributed by atoms with van der Waals surface area (Å²) in [5.74, 6) is -1.74. The lowest BCUT2D eigenvalue weighted by molar-refractivity contribution is -0.143. The number of carbonyl (C=O) groups is 3. The van der Waals surface area contributed by atoms with E-state index < -0.39 is 23.9 Å². The zero-order chi connectivity index (χ0) is 16.5. The highest BCUT2D eigenvalue weighted by molar-refractivity contribution is 5.99. The molecule has 1 aromatic rings. The molecule has 1 aromatic carbocycles. The first-order valence-corrected chi connectivity index (χ1v) is 6.47. The molecule has 1 N–H and O–H groups in total. The number of amides is 1. The molecule has 0 bridgehead atoms. The van der Waals surface area contributed by atoms with Crippen molar-refractivity contribution >= 4 is 17.8 Å². The van der Waals surface area contributed by atoms with Gasteiger partial charge in [-0.15, -0.1) is 0 Å². The van der Waals surface area contributed by atoms with Gasteiger partial charge in [0.25, 0.3) is 5.91 Å². The zero-order valence-corrected chi connectivity index (χ0v) is 12.3. The van der Waals surface area contributed by atoms with Gasteiger partial charge in [0.1, 0.15) is 6.04 Å². The monoisotopic (exact) mass is 304 g/mol. The summed E-state index contributed by atoms with van der Waals surface area (Å²) in [7, 11) is 2.44. The highest BCUT2D eigenvalue weighted by Crippen LogP contribution is 2.08. The van der Waals surface area contributed by atoms with Crippen LogP contribution in [0.5, 0.6) is 0 Å². The van der Waals surface area contributed by atoms with Crippen LogP contribution in [0.4, 0.5) is 0 Å². The molecular formula is C15H16N2O5. The van der Waals surface area contributed by atoms with Crippen molar-refractivity contribution in [3.05, 3.63) is 35.4 Å². The lowest BCUT2D eigenvalue weighted by Crippen LogP contribution is -2.41. The van der Waals surface area contributed by atoms with Crippen LogP contribution in [0.2, 0.25) is 0 Å². The first-order chi connectivity index (χ1) is 10.5. The number of hydrogen-bond donors (Lipinski definition) is 1. The Kier molecular flexibility index (Phi) is 6.57. The molecule has 0 saturated heterocycles. The van der Waals surface area contributed by atoms with Gasteiger partial charge in [0.15, 0.2) is 0 Å². The van der Waals surface area contributed by atoms with E-state index in [1.165, 1.54) is 38.5 Å². The summed E-state index contributed by atoms with van der Waals surface area (Å²) >= 11 is 0. The second-order valence-corrected chi connectivity index (χ2v) is 4.32. The van der Waals surface area contributed by atoms with Crippen molar-refractivity contribution < 1.29 is 23.9 Å². The second kappa shape index (κ2) is 8.42. The van der Waals surface area contributed by atoms with Gasteiger partial charge in [0.2, 0.25) is 0 Å². The van der Waals surface area contributed by atoms with E-state index in [1.807, 2.05) is 6.07 Å². The van der Waals surface area contributed by atoms with Crippen LogP contribution in [0.25, 0.3) is 0 Å². The molecule has 0 aromatic heterocycles. The van der Waals surface area contributed by atoms with Gasteiger partial charge in [0.05, 0.1) is 25.9 Å². The minimum atomic E-state index is -0.918. The Bertz CT molecular complexity index is 606. The molecule has 0 fully saturated rings. The summed E-state index contributed by atoms with van der Waals surface area (Å²) in [6.07, 6.45) is 0.244. The minimum Gasteiger partial charge on any atom is -0.467 e. The Balaban J connectivity index is 2.88. The molecule has 0 heterocycles. The molecule has 7 nitrogen and oxygen atoms in total. The molecule has 0 aliphatic heterocycles. The molecule has 0 unspecified atom stereocenters. The molecule has 1 rings (SSSR count). The maximum absolute atomic E-state index is 12.1. The van der Waals surface area contributed by atoms with Crippen molar-refractivity contribution in [2.24, 2.45) is 0 Å². The third-order valence-corrected chi connectivity index (χ3v) is 2.88. The lowest BCUT2D eigenvalue weighted by Gasteiger charge is -2.15. The van der Waals surface area contributed by atoms with Crippen LogP contribution in [0.15, 0.2) is 24.3 Å². The van der Waals surface area contributed by atoms with Gasteiger partial charge in [0, 0.05) is 12.0 Å². The number of methoxy groups -OCH3 is 2. The maximum Gasteiger partial charge on any atom is 0.337 e. The molecule has 1 amide bonds. The first-order valence-electron chi connectivity index (χ1n) is 6.47. The smallest absolute Gasteiger partial charge is 0.337 e. The van der Waals surface area contributed by atoms with Crippen molar-refractivity contribution in [2.45, 2.75) is 18.9 Å². The standard InChI is InChI=1S/C15H16N2O5/c1-21-14(19)11-6-3-5-10(9-11)13(18)17-12(7-4-8-16)15(20)22-2/h3,5-6,9,12H,4,7H2,1-2H3,(H,17,18)/t12-/m1/s1. The Hall–Kier alpha value is -2.88. The van der Waals surface area contributed by atoms with Gasteiger partial charge < -0.3 is 14.8 Å². The number of nitrogens with one attached hydrogen (secondary N) is 1. The number of ether oxygens (including phenoxy) is 2. The third-order valence-electron chi connectivity index (χ3n) is 2.88. The number of nitriles is 1. The summed E-state index contributed by atoms with van der Waals surface area (Å²) in [5.41, 5.74) is 0.426. The van der Waals surface area contributed by atoms with E-state index in [0.29, 0.717) is 0 Å². The van der Waals surface area contributed by atoms with E-state index in [1.54, 1.807) is 0 Å². The predicted molar refractivity (Wildman–Crippen MR) is 75.9 cm³/mol. The zero-order valence-electron chi connectivity index (χ0n) is 12.3. The molecule has 1 atom stereocenters. The summed E-state index contributed by atoms with van der Waals surface area (Å²) in [4.78, 5) is 35.2. The van der Waals surface area contributed by atoms with Gasteiger partial charge in [-0.25, -0.2) is 9.59 Å². The fourth-order valence-corrected chi connectivity index (χ4v) is 1.75. The van der Waals surface area contributed by atoms with Crippen molar-refractivity contribution in [1.82, 2.24) is 5.32 Å². The van der Waals surface area contributed by atoms with Gasteiger partial charge >= 0.3 is 11.9 Å². The minimum absolute atomic E-state index is 0.0995. The van der Waals surface area contributed by atoms with E-state index in [2.05, 4.69) is 14.8 Å². The van der Waals surface area contributed by atoms with Crippen molar-refractivity contribution in [3.8, 4) is 6.07 Å². The van der Waals surface area contributed by atoms with Crippen LogP contribution in [0.3, 0.4) is 0 Å². The summed E-state index contributed by atoms with van der Waals surface area (Å²) in [6, 6.07) is 6.89. The number of esters is 2. The summed E-state index contributed by atoms with van der Waals surface area (Å²) < 4.78 is 9.17. The van der Waals surface area contributed by atoms with Crippen LogP contribution >= 0.6 is 0 Å². The van der Waals surface area contributed by atoms with E-state index >= 15 is 0 Å². The van der Waals surface area contributed by atoms with E-state index in [0.717, 1.165) is 0 Å². The molecule has 22 heavy (non-hydrogen) atoms. The number of hydrogen-bond acceptors (Lipinski definition) is 6. The van der Waals surface area contributed by atoms with Gasteiger partial charge in [-0.2, -0.15) is 5.26 Å². The number of carbonyl (C=O) groups excluding carboxylic acids is 3. The van der Waals surface area contributed by atoms with Crippen molar-refractivity contribution in [3.63, 3.8) is 0 Å². The Morgan fingerprint density at radius 1 is 1.23 bits per heavy atom. The van der Waals surface area contributed by atoms with Crippen LogP contribution < -0.4 is 5.32 Å². The fourth-order valence-electron chi connectivity index (χ4n) is 1.75. The van der Waals surface area contributed by atoms with Gasteiger partial charge in [-0.05, 0) is 24.6 Å². The molecule has 0 aliphatic rings. The van der Waals surface area contributed by atoms with E-state index in [-0.39, 0.29) is 24.0 Å². The molecule has 0 spiro atoms. The SMILES string of the molecule is COC(=O)c1cccc(C(=O)N[C@H](CCC#N)C(=O)OC)c1. The van der Waals surface area contributed by atoms with Crippen LogP contribution in [0, 0.1) is 11.3 Å². The molecule has 0 radical (unpaired) electrons. The van der Waals surface area contributed by atoms with Crippen LogP contribution in [-0.4, -0.2) is 38.1 Å². The number of benzene rings is 1. The lowest BCUT2D eigenvalue weighted by atomic mass is 10.1. The van der Waals surface area contributed by atoms with Gasteiger partial charge in [-0.1, -0.05) is 6.07 Å². The van der Waals surface area contributed by atoms with Crippen LogP contribution in [-0.2, 0) is 14.3 Å². The average molecular weight is 304 g/mol. The number of nitrogens with zero attached hydrogens (tertiary/aromatic N) is 1. The Morgan fingerprint density at radius 3 is 2.50 bits per heavy atom. The predicted octanol–water partition coefficient (Wildman–Crippen LogP) is 1.05. The first kappa shape index (κ1) is 17.2. The van der Waals surface area contributed by atoms with Gasteiger partial charge in [-0.3, -0.25) is 4.79 Å². The quantitative estimate of drug-likeness (QED) is 0.787. The second-order valence-electron chi connectivity index (χ2n) is 4.32. The van der Waals surface area contributed by atoms with Crippen molar-refractivity contribution in [1.29, 1.82) is 5.26 Å². The molecule has 7 heteroatoms. The Labute approximate surface area is 127 Å². The topological polar surface area (TPSA) is 105 Å². The molecule has 0 saturated carbocycles. The third kappa shape index (κ3) is 4.59. The molecule has 116 valence electrons. The maximum atomic E-state index is 12.1. The fraction of sp³-hybridized carbons (Fsp3) is 0.333. The summed E-state index contributed by atoms with van der Waals surface area (Å²) in [5, 5.41) is 11.1. The van der Waals surface area contributed by atoms with E-state index in [4.69, 9.17) is 5.26 Å². The molecule has 0 aliphatic carbocycles. The van der Waals surface area contributed by atoms with Crippen LogP contribution in [0.1, 0.15) is 33.6 Å². The molecular weight excluding hydrogens is 288 g/mol. The number of rotatable bonds is 6. The van der Waals surface area contributed by atoms with E-state index in [9.17, 15) is 14.4 Å². The summed E-state index contributed by atoms with van der Waals surface area (Å²) in [6.45, 7) is 0. The normalized spacial score (nSPS) is 11.0. The average Bonchev–Trinajstić information content (AvgIpc) is 2.56. The highest BCUT2D eigenvalue weighted by Gasteiger charge is 2.22. The Morgan fingerprint density at radius 2 is 1.91 bits per heavy atom. The highest BCUT2D eigenvalue weighted by atomic mass is 16.5. The van der Waals surface area contributed by atoms with Crippen molar-refractivity contribution in [2.75, 3.05) is 14.2 Å².